The van der Waals surface area contributed by atoms with Crippen LogP contribution in [0.1, 0.15) is 13.8 Å². The third-order valence-electron chi connectivity index (χ3n) is 2.56. The maximum atomic E-state index is 13.1. The normalized spacial score (nSPS) is 12.6. The van der Waals surface area contributed by atoms with E-state index in [9.17, 15) is 4.39 Å². The van der Waals surface area contributed by atoms with Gasteiger partial charge in [-0.3, -0.25) is 0 Å². The van der Waals surface area contributed by atoms with Gasteiger partial charge in [0.15, 0.2) is 0 Å². The summed E-state index contributed by atoms with van der Waals surface area (Å²) in [6, 6.07) is 4.50. The average molecular weight is 226 g/mol. The lowest BCUT2D eigenvalue weighted by molar-refractivity contribution is 0.413. The summed E-state index contributed by atoms with van der Waals surface area (Å²) >= 11 is 0. The summed E-state index contributed by atoms with van der Waals surface area (Å²) in [5, 5.41) is 3.20. The third-order valence-corrected chi connectivity index (χ3v) is 2.56. The van der Waals surface area contributed by atoms with Gasteiger partial charge in [-0.25, -0.2) is 4.39 Å². The van der Waals surface area contributed by atoms with Crippen molar-refractivity contribution < 1.29 is 9.13 Å². The number of benzene rings is 1. The van der Waals surface area contributed by atoms with Crippen LogP contribution in [-0.4, -0.2) is 19.7 Å². The van der Waals surface area contributed by atoms with Crippen LogP contribution in [0.5, 0.6) is 5.75 Å². The Labute approximate surface area is 95.8 Å². The van der Waals surface area contributed by atoms with Crippen LogP contribution in [0.15, 0.2) is 18.2 Å². The van der Waals surface area contributed by atoms with Gasteiger partial charge in [0, 0.05) is 18.7 Å². The van der Waals surface area contributed by atoms with E-state index >= 15 is 0 Å². The van der Waals surface area contributed by atoms with Gasteiger partial charge in [0.25, 0.3) is 0 Å². The van der Waals surface area contributed by atoms with Crippen LogP contribution >= 0.6 is 0 Å². The van der Waals surface area contributed by atoms with E-state index in [4.69, 9.17) is 10.5 Å². The number of nitrogens with one attached hydrogen (secondary N) is 1. The molecular weight excluding hydrogens is 207 g/mol. The molecule has 3 nitrogen and oxygen atoms in total. The van der Waals surface area contributed by atoms with E-state index in [1.807, 2.05) is 0 Å². The van der Waals surface area contributed by atoms with Crippen LogP contribution in [0.2, 0.25) is 0 Å². The molecule has 0 fully saturated rings. The topological polar surface area (TPSA) is 47.3 Å². The molecular formula is C12H19FN2O. The van der Waals surface area contributed by atoms with Crippen LogP contribution in [0.25, 0.3) is 0 Å². The number of anilines is 1. The van der Waals surface area contributed by atoms with E-state index in [1.54, 1.807) is 13.2 Å². The Kier molecular flexibility index (Phi) is 4.55. The van der Waals surface area contributed by atoms with Crippen molar-refractivity contribution in [2.24, 2.45) is 11.7 Å². The Hall–Kier alpha value is -1.29. The number of ether oxygens (including phenoxy) is 1. The van der Waals surface area contributed by atoms with Crippen molar-refractivity contribution >= 4 is 5.69 Å². The summed E-state index contributed by atoms with van der Waals surface area (Å²) in [7, 11) is 1.56. The van der Waals surface area contributed by atoms with Gasteiger partial charge in [0.2, 0.25) is 0 Å². The Morgan fingerprint density at radius 2 is 2.12 bits per heavy atom. The van der Waals surface area contributed by atoms with E-state index in [2.05, 4.69) is 19.2 Å². The molecule has 0 saturated carbocycles. The molecule has 0 aliphatic carbocycles. The van der Waals surface area contributed by atoms with Crippen molar-refractivity contribution in [3.05, 3.63) is 24.0 Å². The highest BCUT2D eigenvalue weighted by molar-refractivity contribution is 5.57. The molecule has 0 radical (unpaired) electrons. The standard InChI is InChI=1S/C12H19FN2O/c1-8(2)11(7-14)15-10-6-9(13)4-5-12(10)16-3/h4-6,8,11,15H,7,14H2,1-3H3. The molecule has 0 aliphatic rings. The maximum Gasteiger partial charge on any atom is 0.142 e. The van der Waals surface area contributed by atoms with Gasteiger partial charge in [-0.05, 0) is 18.1 Å². The predicted octanol–water partition coefficient (Wildman–Crippen LogP) is 2.23. The molecule has 4 heteroatoms. The minimum absolute atomic E-state index is 0.107. The number of hydrogen-bond donors (Lipinski definition) is 2. The number of rotatable bonds is 5. The monoisotopic (exact) mass is 226 g/mol. The third kappa shape index (κ3) is 3.10. The summed E-state index contributed by atoms with van der Waals surface area (Å²) < 4.78 is 18.3. The molecule has 16 heavy (non-hydrogen) atoms. The molecule has 90 valence electrons. The zero-order valence-corrected chi connectivity index (χ0v) is 9.96. The Morgan fingerprint density at radius 3 is 2.62 bits per heavy atom. The molecule has 1 aromatic rings. The first kappa shape index (κ1) is 12.8. The minimum Gasteiger partial charge on any atom is -0.495 e. The van der Waals surface area contributed by atoms with E-state index in [0.29, 0.717) is 23.9 Å². The second-order valence-electron chi connectivity index (χ2n) is 4.08. The molecule has 0 aromatic heterocycles. The second kappa shape index (κ2) is 5.70. The molecule has 0 bridgehead atoms. The Balaban J connectivity index is 2.89. The first-order valence-electron chi connectivity index (χ1n) is 5.38. The summed E-state index contributed by atoms with van der Waals surface area (Å²) in [4.78, 5) is 0. The first-order chi connectivity index (χ1) is 7.58. The van der Waals surface area contributed by atoms with E-state index in [1.165, 1.54) is 12.1 Å². The quantitative estimate of drug-likeness (QED) is 0.809. The molecule has 0 saturated heterocycles. The van der Waals surface area contributed by atoms with Crippen molar-refractivity contribution in [3.8, 4) is 5.75 Å². The fourth-order valence-corrected chi connectivity index (χ4v) is 1.49. The zero-order valence-electron chi connectivity index (χ0n) is 9.96. The number of nitrogens with two attached hydrogens (primary N) is 1. The number of methoxy groups -OCH3 is 1. The lowest BCUT2D eigenvalue weighted by Gasteiger charge is -2.23. The molecule has 0 amide bonds. The smallest absolute Gasteiger partial charge is 0.142 e. The van der Waals surface area contributed by atoms with Crippen LogP contribution in [-0.2, 0) is 0 Å². The molecule has 1 aromatic carbocycles. The van der Waals surface area contributed by atoms with Crippen LogP contribution in [0.4, 0.5) is 10.1 Å². The fourth-order valence-electron chi connectivity index (χ4n) is 1.49. The second-order valence-corrected chi connectivity index (χ2v) is 4.08. The predicted molar refractivity (Wildman–Crippen MR) is 64.3 cm³/mol. The molecule has 1 atom stereocenters. The molecule has 0 aliphatic heterocycles. The van der Waals surface area contributed by atoms with Gasteiger partial charge < -0.3 is 15.8 Å². The summed E-state index contributed by atoms with van der Waals surface area (Å²) in [5.74, 6) is 0.710. The van der Waals surface area contributed by atoms with Crippen LogP contribution < -0.4 is 15.8 Å². The van der Waals surface area contributed by atoms with Gasteiger partial charge >= 0.3 is 0 Å². The van der Waals surface area contributed by atoms with E-state index < -0.39 is 0 Å². The molecule has 0 spiro atoms. The van der Waals surface area contributed by atoms with Gasteiger partial charge in [0.05, 0.1) is 12.8 Å². The maximum absolute atomic E-state index is 13.1. The summed E-state index contributed by atoms with van der Waals surface area (Å²) in [5.41, 5.74) is 6.30. The lowest BCUT2D eigenvalue weighted by Crippen LogP contribution is -2.33. The van der Waals surface area contributed by atoms with E-state index in [0.717, 1.165) is 0 Å². The highest BCUT2D eigenvalue weighted by atomic mass is 19.1. The minimum atomic E-state index is -0.289. The van der Waals surface area contributed by atoms with Crippen molar-refractivity contribution in [2.75, 3.05) is 19.0 Å². The highest BCUT2D eigenvalue weighted by Gasteiger charge is 2.13. The summed E-state index contributed by atoms with van der Waals surface area (Å²) in [6.45, 7) is 4.63. The molecule has 1 rings (SSSR count). The average Bonchev–Trinajstić information content (AvgIpc) is 2.25. The molecule has 3 N–H and O–H groups in total. The summed E-state index contributed by atoms with van der Waals surface area (Å²) in [6.07, 6.45) is 0. The van der Waals surface area contributed by atoms with Gasteiger partial charge in [0.1, 0.15) is 11.6 Å². The van der Waals surface area contributed by atoms with Crippen LogP contribution in [0, 0.1) is 11.7 Å². The van der Waals surface area contributed by atoms with Gasteiger partial charge in [-0.15, -0.1) is 0 Å². The van der Waals surface area contributed by atoms with Crippen molar-refractivity contribution in [3.63, 3.8) is 0 Å². The Bertz CT molecular complexity index is 342. The van der Waals surface area contributed by atoms with Crippen LogP contribution in [0.3, 0.4) is 0 Å². The van der Waals surface area contributed by atoms with E-state index in [-0.39, 0.29) is 11.9 Å². The van der Waals surface area contributed by atoms with Crippen molar-refractivity contribution in [1.29, 1.82) is 0 Å². The van der Waals surface area contributed by atoms with Crippen molar-refractivity contribution in [1.82, 2.24) is 0 Å². The number of halogens is 1. The van der Waals surface area contributed by atoms with Crippen molar-refractivity contribution in [2.45, 2.75) is 19.9 Å². The lowest BCUT2D eigenvalue weighted by atomic mass is 10.0. The largest absolute Gasteiger partial charge is 0.495 e. The highest BCUT2D eigenvalue weighted by Crippen LogP contribution is 2.26. The Morgan fingerprint density at radius 1 is 1.44 bits per heavy atom. The zero-order chi connectivity index (χ0) is 12.1. The molecule has 1 unspecified atom stereocenters. The fraction of sp³-hybridized carbons (Fsp3) is 0.500. The van der Waals surface area contributed by atoms with Gasteiger partial charge in [-0.2, -0.15) is 0 Å². The SMILES string of the molecule is COc1ccc(F)cc1NC(CN)C(C)C. The van der Waals surface area contributed by atoms with Gasteiger partial charge in [-0.1, -0.05) is 13.8 Å². The number of hydrogen-bond acceptors (Lipinski definition) is 3. The first-order valence-corrected chi connectivity index (χ1v) is 5.38. The molecule has 0 heterocycles.